The van der Waals surface area contributed by atoms with E-state index in [4.69, 9.17) is 14.2 Å². The summed E-state index contributed by atoms with van der Waals surface area (Å²) in [6.45, 7) is 11.0. The van der Waals surface area contributed by atoms with E-state index >= 15 is 0 Å². The molecular weight excluding hydrogens is 518 g/mol. The average molecular weight is 554 g/mol. The Morgan fingerprint density at radius 2 is 1.97 bits per heavy atom. The first kappa shape index (κ1) is 28.2. The summed E-state index contributed by atoms with van der Waals surface area (Å²) in [6.07, 6.45) is 1.15. The van der Waals surface area contributed by atoms with Gasteiger partial charge in [0.1, 0.15) is 19.4 Å². The molecule has 1 atom stereocenters. The maximum Gasteiger partial charge on any atom is 0.411 e. The number of methoxy groups -OCH3 is 1. The van der Waals surface area contributed by atoms with Gasteiger partial charge >= 0.3 is 6.09 Å². The third-order valence-electron chi connectivity index (χ3n) is 6.76. The topological polar surface area (TPSA) is 118 Å². The SMILES string of the molecule is C=CCOC(=O)Nc1ccc2c(c1)CN1C(=O)c3cc(OC)c(O)cc3N(COCC[Si](C)(C)C)C(=O)C1C2. The molecule has 0 aliphatic carbocycles. The molecular formula is C28H35N3O7Si. The van der Waals surface area contributed by atoms with Crippen molar-refractivity contribution in [2.75, 3.05) is 37.3 Å². The molecule has 1 unspecified atom stereocenters. The van der Waals surface area contributed by atoms with Gasteiger partial charge in [-0.25, -0.2) is 4.79 Å². The molecule has 208 valence electrons. The summed E-state index contributed by atoms with van der Waals surface area (Å²) in [5.74, 6) is -0.693. The number of nitrogens with zero attached hydrogens (tertiary/aromatic N) is 2. The monoisotopic (exact) mass is 553 g/mol. The van der Waals surface area contributed by atoms with E-state index in [1.807, 2.05) is 6.07 Å². The number of fused-ring (bicyclic) bond motifs is 3. The summed E-state index contributed by atoms with van der Waals surface area (Å²) in [5, 5.41) is 13.2. The minimum Gasteiger partial charge on any atom is -0.504 e. The van der Waals surface area contributed by atoms with E-state index in [0.717, 1.165) is 17.2 Å². The number of phenols is 1. The number of carbonyl (C=O) groups excluding carboxylic acids is 3. The summed E-state index contributed by atoms with van der Waals surface area (Å²) in [4.78, 5) is 42.8. The quantitative estimate of drug-likeness (QED) is 0.269. The molecule has 39 heavy (non-hydrogen) atoms. The third-order valence-corrected chi connectivity index (χ3v) is 8.47. The van der Waals surface area contributed by atoms with E-state index in [9.17, 15) is 19.5 Å². The highest BCUT2D eigenvalue weighted by Crippen LogP contribution is 2.39. The lowest BCUT2D eigenvalue weighted by Gasteiger charge is -2.36. The average Bonchev–Trinajstić information content (AvgIpc) is 2.96. The van der Waals surface area contributed by atoms with Crippen molar-refractivity contribution >= 4 is 37.4 Å². The highest BCUT2D eigenvalue weighted by atomic mass is 28.3. The molecule has 4 rings (SSSR count). The van der Waals surface area contributed by atoms with Crippen molar-refractivity contribution in [3.05, 3.63) is 59.7 Å². The zero-order valence-corrected chi connectivity index (χ0v) is 23.8. The van der Waals surface area contributed by atoms with E-state index in [1.54, 1.807) is 12.1 Å². The van der Waals surface area contributed by atoms with Gasteiger partial charge in [-0.3, -0.25) is 19.8 Å². The number of ether oxygens (including phenoxy) is 3. The maximum absolute atomic E-state index is 13.9. The molecule has 10 nitrogen and oxygen atoms in total. The van der Waals surface area contributed by atoms with Crippen LogP contribution >= 0.6 is 0 Å². The third kappa shape index (κ3) is 6.26. The second-order valence-corrected chi connectivity index (χ2v) is 16.4. The number of amides is 3. The number of anilines is 2. The molecule has 2 aliphatic heterocycles. The Bertz CT molecular complexity index is 1290. The zero-order valence-electron chi connectivity index (χ0n) is 22.8. The lowest BCUT2D eigenvalue weighted by atomic mass is 9.92. The summed E-state index contributed by atoms with van der Waals surface area (Å²) in [6, 6.07) is 8.36. The van der Waals surface area contributed by atoms with Crippen LogP contribution in [0.5, 0.6) is 11.5 Å². The van der Waals surface area contributed by atoms with E-state index in [1.165, 1.54) is 35.1 Å². The molecule has 2 N–H and O–H groups in total. The Morgan fingerprint density at radius 1 is 1.21 bits per heavy atom. The first-order chi connectivity index (χ1) is 18.5. The predicted octanol–water partition coefficient (Wildman–Crippen LogP) is 4.36. The van der Waals surface area contributed by atoms with Crippen molar-refractivity contribution in [3.8, 4) is 11.5 Å². The van der Waals surface area contributed by atoms with Crippen LogP contribution in [-0.4, -0.2) is 69.1 Å². The summed E-state index contributed by atoms with van der Waals surface area (Å²) in [5.41, 5.74) is 2.73. The van der Waals surface area contributed by atoms with Crippen LogP contribution in [0.4, 0.5) is 16.2 Å². The summed E-state index contributed by atoms with van der Waals surface area (Å²) < 4.78 is 16.2. The number of benzene rings is 2. The van der Waals surface area contributed by atoms with Crippen LogP contribution in [-0.2, 0) is 27.2 Å². The largest absolute Gasteiger partial charge is 0.504 e. The molecule has 0 radical (unpaired) electrons. The minimum atomic E-state index is -1.35. The molecule has 0 saturated carbocycles. The predicted molar refractivity (Wildman–Crippen MR) is 150 cm³/mol. The Balaban J connectivity index is 1.66. The molecule has 2 heterocycles. The van der Waals surface area contributed by atoms with Crippen LogP contribution < -0.4 is 15.0 Å². The number of aromatic hydroxyl groups is 1. The fourth-order valence-electron chi connectivity index (χ4n) is 4.62. The molecule has 0 fully saturated rings. The molecule has 11 heteroatoms. The van der Waals surface area contributed by atoms with E-state index < -0.39 is 20.2 Å². The van der Waals surface area contributed by atoms with Crippen LogP contribution in [0, 0.1) is 0 Å². The minimum absolute atomic E-state index is 0.0394. The number of rotatable bonds is 9. The fraction of sp³-hybridized carbons (Fsp3) is 0.393. The van der Waals surface area contributed by atoms with Gasteiger partial charge in [0.15, 0.2) is 11.5 Å². The Kier molecular flexibility index (Phi) is 8.31. The molecule has 2 aliphatic rings. The standard InChI is InChI=1S/C28H35N3O7Si/c1-6-9-38-28(35)29-20-8-7-18-13-23-27(34)31(17-37-10-11-39(3,4)5)22-15-24(32)25(36-2)14-21(22)26(33)30(23)16-19(18)12-20/h6-8,12,14-15,23,32H,1,9-11,13,16-17H2,2-5H3,(H,29,35). The smallest absolute Gasteiger partial charge is 0.411 e. The molecule has 0 spiro atoms. The highest BCUT2D eigenvalue weighted by molar-refractivity contribution is 6.76. The number of hydrogen-bond donors (Lipinski definition) is 2. The van der Waals surface area contributed by atoms with Gasteiger partial charge in [-0.1, -0.05) is 38.4 Å². The van der Waals surface area contributed by atoms with Crippen LogP contribution in [0.25, 0.3) is 0 Å². The lowest BCUT2D eigenvalue weighted by molar-refractivity contribution is -0.124. The summed E-state index contributed by atoms with van der Waals surface area (Å²) >= 11 is 0. The Morgan fingerprint density at radius 3 is 2.67 bits per heavy atom. The van der Waals surface area contributed by atoms with Crippen molar-refractivity contribution in [1.82, 2.24) is 4.90 Å². The van der Waals surface area contributed by atoms with Gasteiger partial charge in [0.25, 0.3) is 11.8 Å². The number of hydrogen-bond acceptors (Lipinski definition) is 7. The van der Waals surface area contributed by atoms with Crippen molar-refractivity contribution in [3.63, 3.8) is 0 Å². The number of carbonyl (C=O) groups is 3. The van der Waals surface area contributed by atoms with Crippen LogP contribution in [0.3, 0.4) is 0 Å². The lowest BCUT2D eigenvalue weighted by Crippen LogP contribution is -2.52. The van der Waals surface area contributed by atoms with Crippen LogP contribution in [0.15, 0.2) is 43.0 Å². The Labute approximate surface area is 229 Å². The summed E-state index contributed by atoms with van der Waals surface area (Å²) in [7, 11) is 0.0520. The van der Waals surface area contributed by atoms with E-state index in [-0.39, 0.29) is 54.4 Å². The number of phenolic OH excluding ortho intramolecular Hbond substituents is 1. The maximum atomic E-state index is 13.9. The van der Waals surface area contributed by atoms with Crippen molar-refractivity contribution in [1.29, 1.82) is 0 Å². The first-order valence-corrected chi connectivity index (χ1v) is 16.5. The molecule has 0 aromatic heterocycles. The van der Waals surface area contributed by atoms with Gasteiger partial charge in [-0.2, -0.15) is 0 Å². The van der Waals surface area contributed by atoms with Crippen molar-refractivity contribution in [2.45, 2.75) is 44.7 Å². The normalized spacial score (nSPS) is 16.6. The van der Waals surface area contributed by atoms with Gasteiger partial charge in [0, 0.05) is 39.4 Å². The molecule has 3 amide bonds. The molecule has 2 aromatic rings. The van der Waals surface area contributed by atoms with Crippen molar-refractivity contribution in [2.24, 2.45) is 0 Å². The van der Waals surface area contributed by atoms with Gasteiger partial charge in [0.05, 0.1) is 18.4 Å². The molecule has 2 aromatic carbocycles. The fourth-order valence-corrected chi connectivity index (χ4v) is 5.38. The molecule has 0 bridgehead atoms. The van der Waals surface area contributed by atoms with E-state index in [0.29, 0.717) is 18.7 Å². The zero-order chi connectivity index (χ0) is 28.3. The van der Waals surface area contributed by atoms with Crippen LogP contribution in [0.2, 0.25) is 25.7 Å². The van der Waals surface area contributed by atoms with Gasteiger partial charge in [-0.05, 0) is 35.4 Å². The van der Waals surface area contributed by atoms with E-state index in [2.05, 4.69) is 31.5 Å². The highest BCUT2D eigenvalue weighted by Gasteiger charge is 2.43. The van der Waals surface area contributed by atoms with Gasteiger partial charge < -0.3 is 24.2 Å². The van der Waals surface area contributed by atoms with Gasteiger partial charge in [0.2, 0.25) is 0 Å². The number of nitrogens with one attached hydrogen (secondary N) is 1. The second kappa shape index (κ2) is 11.5. The second-order valence-electron chi connectivity index (χ2n) is 10.8. The van der Waals surface area contributed by atoms with Gasteiger partial charge in [-0.15, -0.1) is 0 Å². The van der Waals surface area contributed by atoms with Crippen LogP contribution in [0.1, 0.15) is 21.5 Å². The van der Waals surface area contributed by atoms with Crippen molar-refractivity contribution < 1.29 is 33.7 Å². The first-order valence-electron chi connectivity index (χ1n) is 12.8. The molecule has 0 saturated heterocycles. The Hall–Kier alpha value is -3.83.